The first-order chi connectivity index (χ1) is 19.1. The summed E-state index contributed by atoms with van der Waals surface area (Å²) in [6.07, 6.45) is 8.25. The van der Waals surface area contributed by atoms with Crippen molar-refractivity contribution in [1.29, 1.82) is 0 Å². The van der Waals surface area contributed by atoms with E-state index in [0.29, 0.717) is 0 Å². The number of benzene rings is 1. The van der Waals surface area contributed by atoms with Gasteiger partial charge in [-0.15, -0.1) is 5.10 Å². The summed E-state index contributed by atoms with van der Waals surface area (Å²) < 4.78 is 14.1. The Labute approximate surface area is 240 Å². The Bertz CT molecular complexity index is 1250. The Hall–Kier alpha value is -2.75. The minimum atomic E-state index is -0.206. The third-order valence-electron chi connectivity index (χ3n) is 7.36. The van der Waals surface area contributed by atoms with Gasteiger partial charge in [-0.25, -0.2) is 14.4 Å². The van der Waals surface area contributed by atoms with Crippen molar-refractivity contribution < 1.29 is 4.39 Å². The monoisotopic (exact) mass is 564 g/mol. The van der Waals surface area contributed by atoms with Crippen molar-refractivity contribution in [3.05, 3.63) is 90.0 Å². The van der Waals surface area contributed by atoms with Gasteiger partial charge in [-0.05, 0) is 55.2 Å². The second-order valence-corrected chi connectivity index (χ2v) is 11.9. The number of hydrogen-bond acceptors (Lipinski definition) is 8. The molecule has 6 nitrogen and oxygen atoms in total. The van der Waals surface area contributed by atoms with Gasteiger partial charge in [-0.3, -0.25) is 4.90 Å². The van der Waals surface area contributed by atoms with E-state index < -0.39 is 0 Å². The van der Waals surface area contributed by atoms with Crippen LogP contribution in [0.5, 0.6) is 0 Å². The van der Waals surface area contributed by atoms with Gasteiger partial charge in [-0.2, -0.15) is 23.5 Å². The molecule has 0 aliphatic carbocycles. The van der Waals surface area contributed by atoms with Crippen LogP contribution in [0.2, 0.25) is 0 Å². The largest absolute Gasteiger partial charge is 0.354 e. The summed E-state index contributed by atoms with van der Waals surface area (Å²) in [7, 11) is 0. The van der Waals surface area contributed by atoms with E-state index in [4.69, 9.17) is 10.1 Å². The van der Waals surface area contributed by atoms with E-state index in [0.717, 1.165) is 85.1 Å². The number of aromatic nitrogens is 1. The van der Waals surface area contributed by atoms with Gasteiger partial charge < -0.3 is 9.80 Å². The van der Waals surface area contributed by atoms with Crippen LogP contribution in [-0.4, -0.2) is 88.4 Å². The molecule has 0 amide bonds. The Morgan fingerprint density at radius 3 is 2.72 bits per heavy atom. The lowest BCUT2D eigenvalue weighted by molar-refractivity contribution is 0.272. The molecule has 0 spiro atoms. The number of anilines is 1. The van der Waals surface area contributed by atoms with E-state index in [1.165, 1.54) is 11.8 Å². The molecule has 0 N–H and O–H groups in total. The molecular weight excluding hydrogens is 528 g/mol. The summed E-state index contributed by atoms with van der Waals surface area (Å²) in [6.45, 7) is 12.4. The number of nitrogens with zero attached hydrogens (tertiary/aromatic N) is 6. The van der Waals surface area contributed by atoms with Crippen molar-refractivity contribution in [3.63, 3.8) is 0 Å². The van der Waals surface area contributed by atoms with Crippen LogP contribution in [0.25, 0.3) is 5.70 Å². The fourth-order valence-electron chi connectivity index (χ4n) is 5.21. The Balaban J connectivity index is 1.36. The molecule has 5 rings (SSSR count). The van der Waals surface area contributed by atoms with E-state index in [1.54, 1.807) is 12.1 Å². The van der Waals surface area contributed by atoms with Crippen LogP contribution in [0, 0.1) is 5.82 Å². The highest BCUT2D eigenvalue weighted by atomic mass is 32.2. The van der Waals surface area contributed by atoms with Gasteiger partial charge in [0.2, 0.25) is 0 Å². The summed E-state index contributed by atoms with van der Waals surface area (Å²) in [5, 5.41) is 6.96. The van der Waals surface area contributed by atoms with Crippen LogP contribution in [0.15, 0.2) is 78.1 Å². The molecule has 2 aromatic rings. The van der Waals surface area contributed by atoms with Gasteiger partial charge in [0.05, 0.1) is 23.1 Å². The lowest BCUT2D eigenvalue weighted by Crippen LogP contribution is -2.47. The fraction of sp³-hybridized carbons (Fsp3) is 0.400. The number of rotatable bonds is 7. The third-order valence-corrected chi connectivity index (χ3v) is 8.98. The molecule has 0 radical (unpaired) electrons. The maximum atomic E-state index is 14.1. The number of allylic oxidation sites excluding steroid dienone is 2. The number of piperazine rings is 1. The zero-order valence-corrected chi connectivity index (χ0v) is 24.4. The number of hydrogen-bond donors (Lipinski definition) is 0. The molecule has 39 heavy (non-hydrogen) atoms. The number of halogens is 1. The second kappa shape index (κ2) is 13.1. The van der Waals surface area contributed by atoms with Crippen LogP contribution in [0.4, 0.5) is 10.2 Å². The van der Waals surface area contributed by atoms with Crippen LogP contribution in [0.1, 0.15) is 24.2 Å². The van der Waals surface area contributed by atoms with E-state index >= 15 is 0 Å². The van der Waals surface area contributed by atoms with Crippen LogP contribution >= 0.6 is 23.5 Å². The molecule has 1 atom stereocenters. The van der Waals surface area contributed by atoms with Crippen molar-refractivity contribution in [2.75, 3.05) is 67.7 Å². The molecular formula is C30H37FN6S2. The maximum absolute atomic E-state index is 14.1. The predicted octanol–water partition coefficient (Wildman–Crippen LogP) is 5.56. The van der Waals surface area contributed by atoms with Gasteiger partial charge >= 0.3 is 0 Å². The molecule has 1 aromatic carbocycles. The Morgan fingerprint density at radius 2 is 1.95 bits per heavy atom. The van der Waals surface area contributed by atoms with E-state index in [9.17, 15) is 4.39 Å². The molecule has 206 valence electrons. The molecule has 1 aromatic heterocycles. The highest BCUT2D eigenvalue weighted by Crippen LogP contribution is 2.33. The minimum Gasteiger partial charge on any atom is -0.354 e. The standard InChI is InChI=1S/C30H37FN6S2/c1-4-27(26-9-6-10-29(32-26)35-15-13-34(14-16-35)17-19-38-3)37-23(2)11-12-30(33-37)36-18-20-39-22-28(36)24-7-5-8-25(31)21-24/h4-12,21,28H,2,13-20,22H2,1,3H3/b27-4-. The number of amidine groups is 1. The van der Waals surface area contributed by atoms with Crippen LogP contribution < -0.4 is 4.90 Å². The quantitative estimate of drug-likeness (QED) is 0.436. The fourth-order valence-corrected chi connectivity index (χ4v) is 6.74. The predicted molar refractivity (Wildman–Crippen MR) is 166 cm³/mol. The zero-order chi connectivity index (χ0) is 27.2. The molecule has 3 aliphatic rings. The second-order valence-electron chi connectivity index (χ2n) is 9.81. The van der Waals surface area contributed by atoms with Crippen LogP contribution in [-0.2, 0) is 0 Å². The van der Waals surface area contributed by atoms with Gasteiger partial charge in [0, 0.05) is 56.5 Å². The first kappa shape index (κ1) is 27.8. The summed E-state index contributed by atoms with van der Waals surface area (Å²) in [4.78, 5) is 12.3. The number of thioether (sulfide) groups is 2. The number of pyridine rings is 1. The maximum Gasteiger partial charge on any atom is 0.150 e. The van der Waals surface area contributed by atoms with Crippen molar-refractivity contribution in [3.8, 4) is 0 Å². The topological polar surface area (TPSA) is 38.2 Å². The molecule has 0 bridgehead atoms. The first-order valence-electron chi connectivity index (χ1n) is 13.5. The summed E-state index contributed by atoms with van der Waals surface area (Å²) in [5.41, 5.74) is 3.53. The highest BCUT2D eigenvalue weighted by molar-refractivity contribution is 7.99. The van der Waals surface area contributed by atoms with Gasteiger partial charge in [0.1, 0.15) is 17.5 Å². The van der Waals surface area contributed by atoms with Crippen LogP contribution in [0.3, 0.4) is 0 Å². The lowest BCUT2D eigenvalue weighted by Gasteiger charge is -2.39. The molecule has 4 heterocycles. The lowest BCUT2D eigenvalue weighted by atomic mass is 10.1. The number of hydrazone groups is 1. The SMILES string of the molecule is C=C1C=CC(N2CCSCC2c2cccc(F)c2)=NN1/C(=C\C)c1cccc(N2CCN(CCSC)CC2)n1. The Kier molecular flexibility index (Phi) is 9.32. The molecule has 3 aliphatic heterocycles. The smallest absolute Gasteiger partial charge is 0.150 e. The van der Waals surface area contributed by atoms with E-state index in [1.807, 2.05) is 65.8 Å². The first-order valence-corrected chi connectivity index (χ1v) is 16.1. The van der Waals surface area contributed by atoms with Crippen molar-refractivity contribution in [2.45, 2.75) is 13.0 Å². The normalized spacial score (nSPS) is 20.9. The van der Waals surface area contributed by atoms with Gasteiger partial charge in [0.25, 0.3) is 0 Å². The van der Waals surface area contributed by atoms with Crippen molar-refractivity contribution in [1.82, 2.24) is 19.8 Å². The average Bonchev–Trinajstić information content (AvgIpc) is 2.98. The molecule has 9 heteroatoms. The molecule has 1 unspecified atom stereocenters. The average molecular weight is 565 g/mol. The van der Waals surface area contributed by atoms with Crippen molar-refractivity contribution >= 4 is 40.9 Å². The third kappa shape index (κ3) is 6.53. The van der Waals surface area contributed by atoms with Crippen molar-refractivity contribution in [2.24, 2.45) is 5.10 Å². The van der Waals surface area contributed by atoms with Gasteiger partial charge in [-0.1, -0.05) is 30.9 Å². The highest BCUT2D eigenvalue weighted by Gasteiger charge is 2.29. The van der Waals surface area contributed by atoms with Gasteiger partial charge in [0.15, 0.2) is 0 Å². The van der Waals surface area contributed by atoms with E-state index in [2.05, 4.69) is 39.7 Å². The summed E-state index contributed by atoms with van der Waals surface area (Å²) in [6, 6.07) is 13.2. The molecule has 2 fully saturated rings. The minimum absolute atomic E-state index is 0.0566. The summed E-state index contributed by atoms with van der Waals surface area (Å²) in [5.74, 6) is 4.72. The Morgan fingerprint density at radius 1 is 1.13 bits per heavy atom. The summed E-state index contributed by atoms with van der Waals surface area (Å²) >= 11 is 3.80. The van der Waals surface area contributed by atoms with E-state index in [-0.39, 0.29) is 11.9 Å². The zero-order valence-electron chi connectivity index (χ0n) is 22.8. The molecule has 2 saturated heterocycles. The molecule has 0 saturated carbocycles.